The van der Waals surface area contributed by atoms with Gasteiger partial charge in [0.25, 0.3) is 11.8 Å². The summed E-state index contributed by atoms with van der Waals surface area (Å²) >= 11 is 5.93. The molecule has 2 aromatic rings. The highest BCUT2D eigenvalue weighted by atomic mass is 35.5. The number of benzene rings is 2. The van der Waals surface area contributed by atoms with E-state index in [0.717, 1.165) is 30.4 Å². The van der Waals surface area contributed by atoms with E-state index in [2.05, 4.69) is 0 Å². The molecule has 2 heterocycles. The summed E-state index contributed by atoms with van der Waals surface area (Å²) in [7, 11) is 1.87. The SMILES string of the molecule is CN1C(=O)c2ccccc2CC12CCCN(C(=O)c1ccc(Cl)cc1)C2. The lowest BCUT2D eigenvalue weighted by Gasteiger charge is -2.51. The molecule has 2 aliphatic rings. The van der Waals surface area contributed by atoms with Crippen molar-refractivity contribution in [3.8, 4) is 0 Å². The first-order valence-corrected chi connectivity index (χ1v) is 9.29. The molecule has 0 N–H and O–H groups in total. The number of fused-ring (bicyclic) bond motifs is 1. The molecule has 0 aliphatic carbocycles. The second-order valence-corrected chi connectivity index (χ2v) is 7.70. The quantitative estimate of drug-likeness (QED) is 0.771. The van der Waals surface area contributed by atoms with Crippen LogP contribution >= 0.6 is 11.6 Å². The summed E-state index contributed by atoms with van der Waals surface area (Å²) in [5.74, 6) is 0.0492. The number of nitrogens with zero attached hydrogens (tertiary/aromatic N) is 2. The number of carbonyl (C=O) groups is 2. The van der Waals surface area contributed by atoms with E-state index in [4.69, 9.17) is 11.6 Å². The van der Waals surface area contributed by atoms with Crippen LogP contribution in [0.15, 0.2) is 48.5 Å². The fraction of sp³-hybridized carbons (Fsp3) is 0.333. The molecule has 2 aliphatic heterocycles. The van der Waals surface area contributed by atoms with Crippen LogP contribution in [0.2, 0.25) is 5.02 Å². The summed E-state index contributed by atoms with van der Waals surface area (Å²) in [6.07, 6.45) is 2.59. The molecule has 26 heavy (non-hydrogen) atoms. The first-order chi connectivity index (χ1) is 12.5. The van der Waals surface area contributed by atoms with Crippen LogP contribution < -0.4 is 0 Å². The smallest absolute Gasteiger partial charge is 0.254 e. The summed E-state index contributed by atoms with van der Waals surface area (Å²) in [6.45, 7) is 1.28. The van der Waals surface area contributed by atoms with Gasteiger partial charge in [0.15, 0.2) is 0 Å². The molecule has 0 aromatic heterocycles. The van der Waals surface area contributed by atoms with Gasteiger partial charge in [0.2, 0.25) is 0 Å². The third kappa shape index (κ3) is 2.78. The highest BCUT2D eigenvalue weighted by Gasteiger charge is 2.46. The van der Waals surface area contributed by atoms with Gasteiger partial charge in [-0.15, -0.1) is 0 Å². The van der Waals surface area contributed by atoms with Gasteiger partial charge in [-0.2, -0.15) is 0 Å². The largest absolute Gasteiger partial charge is 0.336 e. The molecule has 1 fully saturated rings. The third-order valence-electron chi connectivity index (χ3n) is 5.72. The highest BCUT2D eigenvalue weighted by molar-refractivity contribution is 6.30. The van der Waals surface area contributed by atoms with Crippen molar-refractivity contribution in [3.05, 3.63) is 70.2 Å². The molecule has 2 amide bonds. The lowest BCUT2D eigenvalue weighted by atomic mass is 9.77. The Balaban J connectivity index is 1.63. The van der Waals surface area contributed by atoms with Gasteiger partial charge in [-0.3, -0.25) is 9.59 Å². The fourth-order valence-corrected chi connectivity index (χ4v) is 4.36. The van der Waals surface area contributed by atoms with Crippen molar-refractivity contribution >= 4 is 23.4 Å². The Labute approximate surface area is 158 Å². The summed E-state index contributed by atoms with van der Waals surface area (Å²) in [5, 5.41) is 0.617. The highest BCUT2D eigenvalue weighted by Crippen LogP contribution is 2.36. The lowest BCUT2D eigenvalue weighted by molar-refractivity contribution is 0.0170. The van der Waals surface area contributed by atoms with Gasteiger partial charge in [0.1, 0.15) is 0 Å². The molecule has 5 heteroatoms. The van der Waals surface area contributed by atoms with E-state index in [0.29, 0.717) is 23.7 Å². The van der Waals surface area contributed by atoms with Gasteiger partial charge in [0.05, 0.1) is 5.54 Å². The molecule has 1 spiro atoms. The van der Waals surface area contributed by atoms with Crippen molar-refractivity contribution in [2.75, 3.05) is 20.1 Å². The second kappa shape index (κ2) is 6.44. The Kier molecular flexibility index (Phi) is 4.23. The average Bonchev–Trinajstić information content (AvgIpc) is 2.66. The molecule has 4 nitrogen and oxygen atoms in total. The molecule has 0 radical (unpaired) electrons. The van der Waals surface area contributed by atoms with Crippen LogP contribution in [-0.4, -0.2) is 47.3 Å². The third-order valence-corrected chi connectivity index (χ3v) is 5.97. The summed E-state index contributed by atoms with van der Waals surface area (Å²) in [5.41, 5.74) is 2.17. The van der Waals surface area contributed by atoms with E-state index in [1.54, 1.807) is 24.3 Å². The number of amides is 2. The Bertz CT molecular complexity index is 865. The Hall–Kier alpha value is -2.33. The molecule has 1 atom stereocenters. The first kappa shape index (κ1) is 17.1. The molecular formula is C21H21ClN2O2. The van der Waals surface area contributed by atoms with Gasteiger partial charge in [-0.25, -0.2) is 0 Å². The number of likely N-dealkylation sites (N-methyl/N-ethyl adjacent to an activating group) is 1. The monoisotopic (exact) mass is 368 g/mol. The number of hydrogen-bond acceptors (Lipinski definition) is 2. The molecule has 0 bridgehead atoms. The van der Waals surface area contributed by atoms with E-state index < -0.39 is 0 Å². The minimum absolute atomic E-state index is 0.000416. The van der Waals surface area contributed by atoms with Crippen molar-refractivity contribution in [2.45, 2.75) is 24.8 Å². The van der Waals surface area contributed by atoms with Crippen LogP contribution in [0.4, 0.5) is 0 Å². The van der Waals surface area contributed by atoms with Gasteiger partial charge in [0, 0.05) is 36.3 Å². The van der Waals surface area contributed by atoms with Crippen LogP contribution in [-0.2, 0) is 6.42 Å². The van der Waals surface area contributed by atoms with Gasteiger partial charge in [-0.05, 0) is 55.2 Å². The molecule has 2 aromatic carbocycles. The van der Waals surface area contributed by atoms with Crippen molar-refractivity contribution in [2.24, 2.45) is 0 Å². The standard InChI is InChI=1S/C21H21ClN2O2/c1-23-20(26)18-6-3-2-5-16(18)13-21(23)11-4-12-24(14-21)19(25)15-7-9-17(22)10-8-15/h2-3,5-10H,4,11-14H2,1H3. The Morgan fingerprint density at radius 2 is 1.85 bits per heavy atom. The maximum atomic E-state index is 13.0. The van der Waals surface area contributed by atoms with Gasteiger partial charge in [-0.1, -0.05) is 29.8 Å². The Morgan fingerprint density at radius 1 is 1.12 bits per heavy atom. The zero-order valence-electron chi connectivity index (χ0n) is 14.7. The first-order valence-electron chi connectivity index (χ1n) is 8.91. The van der Waals surface area contributed by atoms with E-state index in [-0.39, 0.29) is 17.4 Å². The molecule has 1 unspecified atom stereocenters. The number of carbonyl (C=O) groups excluding carboxylic acids is 2. The minimum atomic E-state index is -0.328. The average molecular weight is 369 g/mol. The van der Waals surface area contributed by atoms with Crippen LogP contribution in [0.5, 0.6) is 0 Å². The summed E-state index contributed by atoms with van der Waals surface area (Å²) < 4.78 is 0. The number of hydrogen-bond donors (Lipinski definition) is 0. The van der Waals surface area contributed by atoms with E-state index in [1.165, 1.54) is 0 Å². The number of likely N-dealkylation sites (tertiary alicyclic amines) is 1. The lowest BCUT2D eigenvalue weighted by Crippen LogP contribution is -2.63. The zero-order chi connectivity index (χ0) is 18.3. The van der Waals surface area contributed by atoms with Gasteiger partial charge < -0.3 is 9.80 Å². The molecule has 134 valence electrons. The maximum Gasteiger partial charge on any atom is 0.254 e. The van der Waals surface area contributed by atoms with Crippen LogP contribution in [0.25, 0.3) is 0 Å². The summed E-state index contributed by atoms with van der Waals surface area (Å²) in [6, 6.07) is 14.8. The molecular weight excluding hydrogens is 348 g/mol. The number of piperidine rings is 1. The van der Waals surface area contributed by atoms with Crippen molar-refractivity contribution in [1.82, 2.24) is 9.80 Å². The van der Waals surface area contributed by atoms with Crippen molar-refractivity contribution in [1.29, 1.82) is 0 Å². The van der Waals surface area contributed by atoms with Crippen LogP contribution in [0, 0.1) is 0 Å². The second-order valence-electron chi connectivity index (χ2n) is 7.26. The maximum absolute atomic E-state index is 13.0. The zero-order valence-corrected chi connectivity index (χ0v) is 15.5. The Morgan fingerprint density at radius 3 is 2.62 bits per heavy atom. The molecule has 1 saturated heterocycles. The predicted octanol–water partition coefficient (Wildman–Crippen LogP) is 3.64. The number of rotatable bonds is 1. The minimum Gasteiger partial charge on any atom is -0.336 e. The van der Waals surface area contributed by atoms with Crippen molar-refractivity contribution in [3.63, 3.8) is 0 Å². The van der Waals surface area contributed by atoms with E-state index in [1.807, 2.05) is 41.1 Å². The molecule has 0 saturated carbocycles. The van der Waals surface area contributed by atoms with Crippen molar-refractivity contribution < 1.29 is 9.59 Å². The normalized spacial score (nSPS) is 22.5. The molecule has 4 rings (SSSR count). The summed E-state index contributed by atoms with van der Waals surface area (Å²) in [4.78, 5) is 29.6. The fourth-order valence-electron chi connectivity index (χ4n) is 4.23. The topological polar surface area (TPSA) is 40.6 Å². The van der Waals surface area contributed by atoms with Gasteiger partial charge >= 0.3 is 0 Å². The van der Waals surface area contributed by atoms with E-state index >= 15 is 0 Å². The van der Waals surface area contributed by atoms with Crippen LogP contribution in [0.3, 0.4) is 0 Å². The predicted molar refractivity (Wildman–Crippen MR) is 102 cm³/mol. The number of halogens is 1. The van der Waals surface area contributed by atoms with Crippen LogP contribution in [0.1, 0.15) is 39.1 Å². The van der Waals surface area contributed by atoms with E-state index in [9.17, 15) is 9.59 Å².